The van der Waals surface area contributed by atoms with Crippen LogP contribution >= 0.6 is 0 Å². The van der Waals surface area contributed by atoms with Gasteiger partial charge in [-0.3, -0.25) is 0 Å². The second kappa shape index (κ2) is 6.17. The molecule has 0 bridgehead atoms. The van der Waals surface area contributed by atoms with Gasteiger partial charge >= 0.3 is 0 Å². The summed E-state index contributed by atoms with van der Waals surface area (Å²) in [4.78, 5) is 5.31. The highest BCUT2D eigenvalue weighted by molar-refractivity contribution is 5.89. The van der Waals surface area contributed by atoms with Gasteiger partial charge in [-0.15, -0.1) is 0 Å². The number of fused-ring (bicyclic) bond motifs is 1. The van der Waals surface area contributed by atoms with E-state index in [1.54, 1.807) is 6.21 Å². The summed E-state index contributed by atoms with van der Waals surface area (Å²) >= 11 is 0. The zero-order chi connectivity index (χ0) is 14.5. The molecular formula is C16H16N2O3. The van der Waals surface area contributed by atoms with Crippen LogP contribution in [0.3, 0.4) is 0 Å². The van der Waals surface area contributed by atoms with E-state index >= 15 is 0 Å². The molecule has 5 heteroatoms. The predicted molar refractivity (Wildman–Crippen MR) is 80.9 cm³/mol. The number of anilines is 1. The second-order valence-electron chi connectivity index (χ2n) is 4.54. The maximum Gasteiger partial charge on any atom is 0.231 e. The fourth-order valence-corrected chi connectivity index (χ4v) is 2.06. The highest BCUT2D eigenvalue weighted by Crippen LogP contribution is 2.36. The van der Waals surface area contributed by atoms with Gasteiger partial charge in [0.1, 0.15) is 6.61 Å². The summed E-state index contributed by atoms with van der Waals surface area (Å²) in [6.45, 7) is 0.695. The van der Waals surface area contributed by atoms with Gasteiger partial charge in [-0.1, -0.05) is 35.5 Å². The molecule has 0 aromatic heterocycles. The fourth-order valence-electron chi connectivity index (χ4n) is 2.06. The van der Waals surface area contributed by atoms with E-state index in [1.165, 1.54) is 0 Å². The first-order valence-electron chi connectivity index (χ1n) is 6.67. The number of nitrogens with one attached hydrogen (secondary N) is 1. The first-order valence-corrected chi connectivity index (χ1v) is 6.67. The van der Waals surface area contributed by atoms with Crippen LogP contribution in [0.2, 0.25) is 0 Å². The van der Waals surface area contributed by atoms with Crippen molar-refractivity contribution in [1.82, 2.24) is 0 Å². The molecule has 108 valence electrons. The number of hydrogen-bond acceptors (Lipinski definition) is 5. The van der Waals surface area contributed by atoms with Crippen LogP contribution in [-0.4, -0.2) is 20.1 Å². The van der Waals surface area contributed by atoms with Crippen LogP contribution in [0.1, 0.15) is 11.1 Å². The number of ether oxygens (including phenoxy) is 2. The molecule has 0 radical (unpaired) electrons. The zero-order valence-corrected chi connectivity index (χ0v) is 11.7. The number of benzene rings is 2. The second-order valence-corrected chi connectivity index (χ2v) is 4.54. The Morgan fingerprint density at radius 2 is 1.95 bits per heavy atom. The van der Waals surface area contributed by atoms with Gasteiger partial charge in [0.05, 0.1) is 6.21 Å². The topological polar surface area (TPSA) is 52.1 Å². The summed E-state index contributed by atoms with van der Waals surface area (Å²) in [6, 6.07) is 13.7. The van der Waals surface area contributed by atoms with Gasteiger partial charge in [-0.05, 0) is 11.6 Å². The monoisotopic (exact) mass is 284 g/mol. The fraction of sp³-hybridized carbons (Fsp3) is 0.188. The Labute approximate surface area is 123 Å². The van der Waals surface area contributed by atoms with Gasteiger partial charge in [-0.25, -0.2) is 0 Å². The van der Waals surface area contributed by atoms with E-state index in [9.17, 15) is 0 Å². The number of hydrogen-bond donors (Lipinski definition) is 1. The van der Waals surface area contributed by atoms with Crippen molar-refractivity contribution in [2.24, 2.45) is 5.16 Å². The van der Waals surface area contributed by atoms with E-state index in [1.807, 2.05) is 49.5 Å². The van der Waals surface area contributed by atoms with Gasteiger partial charge < -0.3 is 19.6 Å². The molecule has 0 fully saturated rings. The van der Waals surface area contributed by atoms with Crippen LogP contribution in [0.4, 0.5) is 5.69 Å². The van der Waals surface area contributed by atoms with Crippen LogP contribution in [0.25, 0.3) is 0 Å². The van der Waals surface area contributed by atoms with Crippen molar-refractivity contribution in [2.75, 3.05) is 19.2 Å². The Morgan fingerprint density at radius 3 is 2.71 bits per heavy atom. The quantitative estimate of drug-likeness (QED) is 0.677. The summed E-state index contributed by atoms with van der Waals surface area (Å²) in [6.07, 6.45) is 1.66. The average Bonchev–Trinajstić information content (AvgIpc) is 2.99. The summed E-state index contributed by atoms with van der Waals surface area (Å²) in [5.41, 5.74) is 2.87. The zero-order valence-electron chi connectivity index (χ0n) is 11.7. The molecule has 2 aromatic carbocycles. The smallest absolute Gasteiger partial charge is 0.231 e. The minimum atomic E-state index is 0.254. The molecule has 0 aliphatic carbocycles. The molecule has 0 atom stereocenters. The molecule has 1 aliphatic heterocycles. The molecule has 0 saturated heterocycles. The molecule has 1 heterocycles. The molecule has 5 nitrogen and oxygen atoms in total. The lowest BCUT2D eigenvalue weighted by Crippen LogP contribution is -1.95. The van der Waals surface area contributed by atoms with Gasteiger partial charge in [0.2, 0.25) is 6.79 Å². The van der Waals surface area contributed by atoms with Crippen LogP contribution in [-0.2, 0) is 11.4 Å². The van der Waals surface area contributed by atoms with Gasteiger partial charge in [-0.2, -0.15) is 0 Å². The summed E-state index contributed by atoms with van der Waals surface area (Å²) in [5, 5.41) is 7.11. The largest absolute Gasteiger partial charge is 0.454 e. The third kappa shape index (κ3) is 3.08. The molecule has 21 heavy (non-hydrogen) atoms. The van der Waals surface area contributed by atoms with Crippen molar-refractivity contribution >= 4 is 11.9 Å². The minimum Gasteiger partial charge on any atom is -0.454 e. The molecule has 1 N–H and O–H groups in total. The van der Waals surface area contributed by atoms with Gasteiger partial charge in [0, 0.05) is 24.4 Å². The SMILES string of the molecule is CNc1cc2c(cc1/C=N/OCc1ccccc1)OCO2. The van der Waals surface area contributed by atoms with E-state index in [-0.39, 0.29) is 6.79 Å². The summed E-state index contributed by atoms with van der Waals surface area (Å²) in [7, 11) is 1.85. The Hall–Kier alpha value is -2.69. The normalized spacial score (nSPS) is 12.6. The van der Waals surface area contributed by atoms with E-state index < -0.39 is 0 Å². The number of rotatable bonds is 5. The number of nitrogens with zero attached hydrogens (tertiary/aromatic N) is 1. The van der Waals surface area contributed by atoms with Crippen LogP contribution in [0.15, 0.2) is 47.6 Å². The molecule has 0 spiro atoms. The highest BCUT2D eigenvalue weighted by atomic mass is 16.7. The van der Waals surface area contributed by atoms with Crippen molar-refractivity contribution in [3.63, 3.8) is 0 Å². The average molecular weight is 284 g/mol. The number of oxime groups is 1. The minimum absolute atomic E-state index is 0.254. The van der Waals surface area contributed by atoms with Crippen LogP contribution in [0.5, 0.6) is 11.5 Å². The van der Waals surface area contributed by atoms with E-state index in [4.69, 9.17) is 14.3 Å². The molecule has 1 aliphatic rings. The third-order valence-corrected chi connectivity index (χ3v) is 3.15. The maximum absolute atomic E-state index is 5.36. The summed E-state index contributed by atoms with van der Waals surface area (Å²) < 4.78 is 10.7. The van der Waals surface area contributed by atoms with E-state index in [0.717, 1.165) is 28.3 Å². The van der Waals surface area contributed by atoms with Crippen molar-refractivity contribution in [3.8, 4) is 11.5 Å². The van der Waals surface area contributed by atoms with Crippen molar-refractivity contribution < 1.29 is 14.3 Å². The van der Waals surface area contributed by atoms with Crippen LogP contribution < -0.4 is 14.8 Å². The van der Waals surface area contributed by atoms with Crippen molar-refractivity contribution in [2.45, 2.75) is 6.61 Å². The first kappa shape index (κ1) is 13.3. The molecular weight excluding hydrogens is 268 g/mol. The lowest BCUT2D eigenvalue weighted by Gasteiger charge is -2.06. The maximum atomic E-state index is 5.36. The van der Waals surface area contributed by atoms with Gasteiger partial charge in [0.15, 0.2) is 11.5 Å². The highest BCUT2D eigenvalue weighted by Gasteiger charge is 2.16. The Morgan fingerprint density at radius 1 is 1.19 bits per heavy atom. The standard InChI is InChI=1S/C16H16N2O3/c1-17-14-8-16-15(19-11-20-16)7-13(14)9-18-21-10-12-5-3-2-4-6-12/h2-9,17H,10-11H2,1H3/b18-9+. The Balaban J connectivity index is 1.68. The third-order valence-electron chi connectivity index (χ3n) is 3.15. The van der Waals surface area contributed by atoms with Gasteiger partial charge in [0.25, 0.3) is 0 Å². The molecule has 2 aromatic rings. The molecule has 0 unspecified atom stereocenters. The molecule has 0 amide bonds. The van der Waals surface area contributed by atoms with Crippen molar-refractivity contribution in [1.29, 1.82) is 0 Å². The molecule has 0 saturated carbocycles. The lowest BCUT2D eigenvalue weighted by molar-refractivity contribution is 0.132. The van der Waals surface area contributed by atoms with Crippen molar-refractivity contribution in [3.05, 3.63) is 53.6 Å². The predicted octanol–water partition coefficient (Wildman–Crippen LogP) is 3.01. The first-order chi connectivity index (χ1) is 10.4. The van der Waals surface area contributed by atoms with E-state index in [2.05, 4.69) is 10.5 Å². The molecule has 3 rings (SSSR count). The summed E-state index contributed by atoms with van der Waals surface area (Å²) in [5.74, 6) is 1.46. The van der Waals surface area contributed by atoms with Crippen LogP contribution in [0, 0.1) is 0 Å². The Kier molecular flexibility index (Phi) is 3.91. The Bertz CT molecular complexity index is 641. The van der Waals surface area contributed by atoms with E-state index in [0.29, 0.717) is 6.61 Å². The lowest BCUT2D eigenvalue weighted by atomic mass is 10.1.